The van der Waals surface area contributed by atoms with Crippen molar-refractivity contribution in [2.75, 3.05) is 5.32 Å². The summed E-state index contributed by atoms with van der Waals surface area (Å²) in [6.07, 6.45) is 1.23. The number of benzene rings is 1. The summed E-state index contributed by atoms with van der Waals surface area (Å²) in [5.41, 5.74) is 1.02. The van der Waals surface area contributed by atoms with Crippen molar-refractivity contribution in [3.63, 3.8) is 0 Å². The average molecular weight is 266 g/mol. The Labute approximate surface area is 105 Å². The number of hydrogen-bond acceptors (Lipinski definition) is 4. The third kappa shape index (κ3) is 2.47. The second-order valence-corrected chi connectivity index (χ2v) is 4.45. The van der Waals surface area contributed by atoms with E-state index in [2.05, 4.69) is 15.0 Å². The molecule has 6 nitrogen and oxygen atoms in total. The first-order chi connectivity index (χ1) is 8.59. The summed E-state index contributed by atoms with van der Waals surface area (Å²) in [5, 5.41) is 6.13. The molecule has 1 aromatic heterocycles. The highest BCUT2D eigenvalue weighted by Gasteiger charge is 2.15. The minimum atomic E-state index is -2.16. The molecule has 1 heterocycles. The second kappa shape index (κ2) is 5.11. The summed E-state index contributed by atoms with van der Waals surface area (Å²) in [6.45, 7) is 1.63. The van der Waals surface area contributed by atoms with Gasteiger partial charge >= 0.3 is 0 Å². The van der Waals surface area contributed by atoms with E-state index >= 15 is 0 Å². The van der Waals surface area contributed by atoms with Crippen molar-refractivity contribution >= 4 is 22.7 Å². The lowest BCUT2D eigenvalue weighted by Crippen LogP contribution is -2.13. The Bertz CT molecular complexity index is 609. The van der Waals surface area contributed by atoms with Gasteiger partial charge in [0.05, 0.1) is 16.3 Å². The number of aromatic nitrogens is 1. The molecule has 0 radical (unpaired) electrons. The molecule has 0 spiro atoms. The Morgan fingerprint density at radius 1 is 1.44 bits per heavy atom. The standard InChI is InChI=1S/C11H10N2O4S/c1-7-8(6-17-13-7)11(14)12-9-4-2-3-5-10(9)18(15)16/h2-6H,1H3,(H,12,14)(H,15,16). The van der Waals surface area contributed by atoms with Crippen molar-refractivity contribution in [3.05, 3.63) is 41.8 Å². The van der Waals surface area contributed by atoms with Crippen LogP contribution in [0.5, 0.6) is 0 Å². The highest BCUT2D eigenvalue weighted by molar-refractivity contribution is 7.79. The van der Waals surface area contributed by atoms with Crippen LogP contribution >= 0.6 is 0 Å². The van der Waals surface area contributed by atoms with Gasteiger partial charge in [0.25, 0.3) is 5.91 Å². The molecule has 0 aliphatic carbocycles. The van der Waals surface area contributed by atoms with E-state index in [0.29, 0.717) is 5.69 Å². The topological polar surface area (TPSA) is 92.4 Å². The quantitative estimate of drug-likeness (QED) is 0.826. The van der Waals surface area contributed by atoms with Crippen LogP contribution in [0.2, 0.25) is 0 Å². The number of anilines is 1. The molecular weight excluding hydrogens is 256 g/mol. The van der Waals surface area contributed by atoms with Crippen LogP contribution in [0.3, 0.4) is 0 Å². The van der Waals surface area contributed by atoms with Crippen molar-refractivity contribution in [2.24, 2.45) is 0 Å². The minimum absolute atomic E-state index is 0.139. The predicted molar refractivity (Wildman–Crippen MR) is 64.7 cm³/mol. The Morgan fingerprint density at radius 3 is 2.78 bits per heavy atom. The number of rotatable bonds is 3. The summed E-state index contributed by atoms with van der Waals surface area (Å²) in [6, 6.07) is 6.28. The molecule has 0 saturated heterocycles. The zero-order chi connectivity index (χ0) is 13.1. The Kier molecular flexibility index (Phi) is 3.54. The van der Waals surface area contributed by atoms with E-state index in [1.807, 2.05) is 0 Å². The molecule has 2 aromatic rings. The van der Waals surface area contributed by atoms with Gasteiger partial charge in [-0.25, -0.2) is 4.21 Å². The van der Waals surface area contributed by atoms with Crippen LogP contribution in [0.15, 0.2) is 39.9 Å². The lowest BCUT2D eigenvalue weighted by Gasteiger charge is -2.07. The van der Waals surface area contributed by atoms with E-state index in [-0.39, 0.29) is 16.1 Å². The van der Waals surface area contributed by atoms with E-state index in [9.17, 15) is 9.00 Å². The minimum Gasteiger partial charge on any atom is -0.364 e. The number of aryl methyl sites for hydroxylation is 1. The number of carbonyl (C=O) groups is 1. The highest BCUT2D eigenvalue weighted by Crippen LogP contribution is 2.19. The fourth-order valence-corrected chi connectivity index (χ4v) is 1.92. The maximum absolute atomic E-state index is 11.9. The molecule has 2 rings (SSSR count). The zero-order valence-electron chi connectivity index (χ0n) is 9.41. The number of amides is 1. The fourth-order valence-electron chi connectivity index (χ4n) is 1.42. The largest absolute Gasteiger partial charge is 0.364 e. The van der Waals surface area contributed by atoms with Crippen molar-refractivity contribution in [3.8, 4) is 0 Å². The maximum atomic E-state index is 11.9. The first kappa shape index (κ1) is 12.5. The van der Waals surface area contributed by atoms with Gasteiger partial charge in [0.1, 0.15) is 11.8 Å². The van der Waals surface area contributed by atoms with E-state index in [1.165, 1.54) is 12.3 Å². The number of hydrogen-bond donors (Lipinski definition) is 2. The molecule has 0 fully saturated rings. The molecule has 0 aliphatic rings. The number of carbonyl (C=O) groups excluding carboxylic acids is 1. The monoisotopic (exact) mass is 266 g/mol. The molecule has 0 saturated carbocycles. The Morgan fingerprint density at radius 2 is 2.17 bits per heavy atom. The van der Waals surface area contributed by atoms with Crippen LogP contribution in [-0.4, -0.2) is 19.8 Å². The first-order valence-electron chi connectivity index (χ1n) is 5.02. The van der Waals surface area contributed by atoms with E-state index in [4.69, 9.17) is 4.55 Å². The molecule has 0 bridgehead atoms. The molecule has 1 aromatic carbocycles. The lowest BCUT2D eigenvalue weighted by atomic mass is 10.2. The Balaban J connectivity index is 2.28. The van der Waals surface area contributed by atoms with Crippen LogP contribution in [-0.2, 0) is 11.1 Å². The summed E-state index contributed by atoms with van der Waals surface area (Å²) in [7, 11) is 0. The average Bonchev–Trinajstić information content (AvgIpc) is 2.76. The van der Waals surface area contributed by atoms with Gasteiger partial charge < -0.3 is 14.4 Å². The normalized spacial score (nSPS) is 12.1. The van der Waals surface area contributed by atoms with Crippen molar-refractivity contribution < 1.29 is 18.1 Å². The van der Waals surface area contributed by atoms with E-state index in [0.717, 1.165) is 0 Å². The van der Waals surface area contributed by atoms with Gasteiger partial charge in [0, 0.05) is 0 Å². The van der Waals surface area contributed by atoms with Gasteiger partial charge in [0.15, 0.2) is 11.1 Å². The van der Waals surface area contributed by atoms with Crippen molar-refractivity contribution in [2.45, 2.75) is 11.8 Å². The van der Waals surface area contributed by atoms with Gasteiger partial charge in [-0.05, 0) is 19.1 Å². The second-order valence-electron chi connectivity index (χ2n) is 3.51. The first-order valence-corrected chi connectivity index (χ1v) is 6.12. The molecule has 1 amide bonds. The molecule has 1 unspecified atom stereocenters. The van der Waals surface area contributed by atoms with Gasteiger partial charge in [-0.3, -0.25) is 4.79 Å². The van der Waals surface area contributed by atoms with Crippen LogP contribution in [0.25, 0.3) is 0 Å². The van der Waals surface area contributed by atoms with E-state index < -0.39 is 17.0 Å². The molecule has 18 heavy (non-hydrogen) atoms. The summed E-state index contributed by atoms with van der Waals surface area (Å²) < 4.78 is 24.8. The van der Waals surface area contributed by atoms with Crippen molar-refractivity contribution in [1.82, 2.24) is 5.16 Å². The Hall–Kier alpha value is -1.99. The summed E-state index contributed by atoms with van der Waals surface area (Å²) in [4.78, 5) is 12.0. The molecule has 7 heteroatoms. The van der Waals surface area contributed by atoms with Crippen LogP contribution < -0.4 is 5.32 Å². The third-order valence-electron chi connectivity index (χ3n) is 2.32. The molecule has 94 valence electrons. The SMILES string of the molecule is Cc1nocc1C(=O)Nc1ccccc1S(=O)O. The highest BCUT2D eigenvalue weighted by atomic mass is 32.2. The zero-order valence-corrected chi connectivity index (χ0v) is 10.2. The van der Waals surface area contributed by atoms with Gasteiger partial charge in [0.2, 0.25) is 0 Å². The fraction of sp³-hybridized carbons (Fsp3) is 0.0909. The lowest BCUT2D eigenvalue weighted by molar-refractivity contribution is 0.102. The molecule has 0 aliphatic heterocycles. The maximum Gasteiger partial charge on any atom is 0.260 e. The molecule has 2 N–H and O–H groups in total. The van der Waals surface area contributed by atoms with Gasteiger partial charge in [-0.15, -0.1) is 0 Å². The smallest absolute Gasteiger partial charge is 0.260 e. The third-order valence-corrected chi connectivity index (χ3v) is 3.05. The molecular formula is C11H10N2O4S. The summed E-state index contributed by atoms with van der Waals surface area (Å²) >= 11 is -2.16. The number of nitrogens with zero attached hydrogens (tertiary/aromatic N) is 1. The van der Waals surface area contributed by atoms with Gasteiger partial charge in [-0.1, -0.05) is 17.3 Å². The number of para-hydroxylation sites is 1. The summed E-state index contributed by atoms with van der Waals surface area (Å²) in [5.74, 6) is -0.438. The van der Waals surface area contributed by atoms with E-state index in [1.54, 1.807) is 25.1 Å². The number of nitrogens with one attached hydrogen (secondary N) is 1. The van der Waals surface area contributed by atoms with Crippen LogP contribution in [0, 0.1) is 6.92 Å². The van der Waals surface area contributed by atoms with Crippen LogP contribution in [0.1, 0.15) is 16.1 Å². The van der Waals surface area contributed by atoms with Crippen LogP contribution in [0.4, 0.5) is 5.69 Å². The van der Waals surface area contributed by atoms with Gasteiger partial charge in [-0.2, -0.15) is 0 Å². The predicted octanol–water partition coefficient (Wildman–Crippen LogP) is 1.82. The molecule has 1 atom stereocenters. The van der Waals surface area contributed by atoms with Crippen molar-refractivity contribution in [1.29, 1.82) is 0 Å².